The van der Waals surface area contributed by atoms with E-state index in [1.165, 1.54) is 96.3 Å². The van der Waals surface area contributed by atoms with Gasteiger partial charge in [0.25, 0.3) is 0 Å². The molecule has 0 aromatic heterocycles. The van der Waals surface area contributed by atoms with Gasteiger partial charge in [-0.3, -0.25) is 4.79 Å². The summed E-state index contributed by atoms with van der Waals surface area (Å²) in [5.41, 5.74) is 0. The second-order valence-electron chi connectivity index (χ2n) is 18.6. The van der Waals surface area contributed by atoms with E-state index in [-0.39, 0.29) is 18.9 Å². The summed E-state index contributed by atoms with van der Waals surface area (Å²) in [5, 5.41) is 119. The van der Waals surface area contributed by atoms with Gasteiger partial charge in [0.1, 0.15) is 73.2 Å². The Morgan fingerprint density at radius 2 is 0.925 bits per heavy atom. The molecule has 0 saturated carbocycles. The minimum atomic E-state index is -1.97. The molecule has 0 bridgehead atoms. The van der Waals surface area contributed by atoms with E-state index in [0.29, 0.717) is 12.8 Å². The van der Waals surface area contributed by atoms with Gasteiger partial charge >= 0.3 is 0 Å². The van der Waals surface area contributed by atoms with E-state index in [1.54, 1.807) is 12.2 Å². The maximum Gasteiger partial charge on any atom is 0.220 e. The summed E-state index contributed by atoms with van der Waals surface area (Å²) < 4.78 is 33.9. The van der Waals surface area contributed by atoms with E-state index in [0.717, 1.165) is 25.7 Å². The van der Waals surface area contributed by atoms with Crippen LogP contribution >= 0.6 is 0 Å². The number of rotatable bonds is 35. The fourth-order valence-corrected chi connectivity index (χ4v) is 8.78. The molecule has 17 atom stereocenters. The number of carbonyl (C=O) groups is 1. The average molecular weight is 968 g/mol. The highest BCUT2D eigenvalue weighted by Gasteiger charge is 2.53. The Morgan fingerprint density at radius 3 is 1.37 bits per heavy atom. The summed E-state index contributed by atoms with van der Waals surface area (Å²) in [7, 11) is 0. The van der Waals surface area contributed by atoms with E-state index >= 15 is 0 Å². The van der Waals surface area contributed by atoms with Crippen LogP contribution < -0.4 is 5.32 Å². The molecule has 0 aromatic carbocycles. The molecule has 3 saturated heterocycles. The molecule has 3 aliphatic heterocycles. The second-order valence-corrected chi connectivity index (χ2v) is 18.6. The van der Waals surface area contributed by atoms with Gasteiger partial charge in [-0.2, -0.15) is 0 Å². The third-order valence-electron chi connectivity index (χ3n) is 13.1. The number of amides is 1. The normalized spacial score (nSPS) is 33.5. The topological polar surface area (TPSA) is 307 Å². The molecular weight excluding hydrogens is 879 g/mol. The first kappa shape index (κ1) is 59.8. The summed E-state index contributed by atoms with van der Waals surface area (Å²) in [6, 6.07) is -0.962. The number of aliphatic hydroxyl groups is 11. The first-order valence-electron chi connectivity index (χ1n) is 25.4. The molecule has 17 unspecified atom stereocenters. The van der Waals surface area contributed by atoms with Crippen LogP contribution in [-0.2, 0) is 33.2 Å². The van der Waals surface area contributed by atoms with E-state index in [1.807, 2.05) is 6.92 Å². The van der Waals surface area contributed by atoms with Crippen molar-refractivity contribution < 1.29 is 89.4 Å². The Bertz CT molecular complexity index is 1300. The average Bonchev–Trinajstić information content (AvgIpc) is 3.32. The van der Waals surface area contributed by atoms with Crippen LogP contribution in [-0.4, -0.2) is 193 Å². The van der Waals surface area contributed by atoms with Crippen LogP contribution in [0.3, 0.4) is 0 Å². The molecule has 3 aliphatic rings. The summed E-state index contributed by atoms with van der Waals surface area (Å²) >= 11 is 0. The van der Waals surface area contributed by atoms with Crippen LogP contribution in [0.2, 0.25) is 0 Å². The van der Waals surface area contributed by atoms with Crippen LogP contribution in [0.1, 0.15) is 155 Å². The molecular formula is C48H89NO18. The summed E-state index contributed by atoms with van der Waals surface area (Å²) in [6.07, 6.45) is 2.02. The zero-order valence-corrected chi connectivity index (χ0v) is 40.1. The number of aliphatic hydroxyl groups excluding tert-OH is 11. The van der Waals surface area contributed by atoms with Gasteiger partial charge in [0.15, 0.2) is 18.9 Å². The zero-order valence-electron chi connectivity index (χ0n) is 40.1. The Hall–Kier alpha value is -1.47. The van der Waals surface area contributed by atoms with Crippen molar-refractivity contribution in [3.63, 3.8) is 0 Å². The molecule has 394 valence electrons. The van der Waals surface area contributed by atoms with Gasteiger partial charge in [-0.15, -0.1) is 0 Å². The smallest absolute Gasteiger partial charge is 0.220 e. The van der Waals surface area contributed by atoms with E-state index in [9.17, 15) is 61.0 Å². The van der Waals surface area contributed by atoms with Gasteiger partial charge in [-0.25, -0.2) is 0 Å². The Labute approximate surface area is 397 Å². The molecule has 3 heterocycles. The first-order chi connectivity index (χ1) is 32.3. The van der Waals surface area contributed by atoms with Crippen molar-refractivity contribution in [3.05, 3.63) is 12.2 Å². The molecule has 0 aliphatic carbocycles. The largest absolute Gasteiger partial charge is 0.394 e. The molecule has 3 rings (SSSR count). The monoisotopic (exact) mass is 968 g/mol. The minimum Gasteiger partial charge on any atom is -0.394 e. The number of unbranched alkanes of at least 4 members (excludes halogenated alkanes) is 19. The molecule has 19 nitrogen and oxygen atoms in total. The number of hydrogen-bond donors (Lipinski definition) is 12. The Kier molecular flexibility index (Phi) is 30.4. The molecule has 12 N–H and O–H groups in total. The summed E-state index contributed by atoms with van der Waals surface area (Å²) in [4.78, 5) is 13.1. The zero-order chi connectivity index (χ0) is 49.1. The molecule has 0 radical (unpaired) electrons. The van der Waals surface area contributed by atoms with Gasteiger partial charge in [-0.1, -0.05) is 148 Å². The first-order valence-corrected chi connectivity index (χ1v) is 25.4. The van der Waals surface area contributed by atoms with Crippen LogP contribution in [0.25, 0.3) is 0 Å². The van der Waals surface area contributed by atoms with Crippen molar-refractivity contribution in [1.29, 1.82) is 0 Å². The summed E-state index contributed by atoms with van der Waals surface area (Å²) in [6.45, 7) is 1.47. The Morgan fingerprint density at radius 1 is 0.522 bits per heavy atom. The van der Waals surface area contributed by atoms with E-state index in [4.69, 9.17) is 28.4 Å². The summed E-state index contributed by atoms with van der Waals surface area (Å²) in [5.74, 6) is -0.286. The predicted octanol–water partition coefficient (Wildman–Crippen LogP) is 1.48. The minimum absolute atomic E-state index is 0.245. The van der Waals surface area contributed by atoms with Crippen molar-refractivity contribution in [1.82, 2.24) is 5.32 Å². The van der Waals surface area contributed by atoms with Gasteiger partial charge in [-0.05, 0) is 12.8 Å². The lowest BCUT2D eigenvalue weighted by atomic mass is 9.96. The standard InChI is InChI=1S/C48H89NO18/c1-3-5-7-8-9-10-11-12-13-14-15-16-17-18-19-20-21-22-24-26-36(54)49-31(32(53)25-23-6-4-2)30-62-46-42(60)39(57)44(34(28-51)64-46)67-48-43(61)40(58)45(35(29-52)65-48)66-47-41(59)38(56)37(55)33(27-50)63-47/h23,25,31-35,37-48,50-53,55-61H,3-22,24,26-30H2,1-2H3,(H,49,54)/b25-23+. The predicted molar refractivity (Wildman–Crippen MR) is 245 cm³/mol. The third kappa shape index (κ3) is 20.3. The number of carbonyl (C=O) groups excluding carboxylic acids is 1. The number of nitrogens with one attached hydrogen (secondary N) is 1. The number of allylic oxidation sites excluding steroid dienone is 1. The molecule has 19 heteroatoms. The number of hydrogen-bond acceptors (Lipinski definition) is 18. The molecule has 3 fully saturated rings. The maximum absolute atomic E-state index is 13.1. The highest BCUT2D eigenvalue weighted by molar-refractivity contribution is 5.76. The van der Waals surface area contributed by atoms with Crippen LogP contribution in [0.4, 0.5) is 0 Å². The van der Waals surface area contributed by atoms with E-state index in [2.05, 4.69) is 12.2 Å². The van der Waals surface area contributed by atoms with Crippen molar-refractivity contribution >= 4 is 5.91 Å². The van der Waals surface area contributed by atoms with Gasteiger partial charge in [0.2, 0.25) is 5.91 Å². The van der Waals surface area contributed by atoms with Crippen molar-refractivity contribution in [3.8, 4) is 0 Å². The van der Waals surface area contributed by atoms with Gasteiger partial charge < -0.3 is 89.9 Å². The lowest BCUT2D eigenvalue weighted by Crippen LogP contribution is -2.66. The molecule has 1 amide bonds. The van der Waals surface area contributed by atoms with Crippen molar-refractivity contribution in [2.24, 2.45) is 0 Å². The van der Waals surface area contributed by atoms with Crippen LogP contribution in [0.5, 0.6) is 0 Å². The van der Waals surface area contributed by atoms with Crippen LogP contribution in [0.15, 0.2) is 12.2 Å². The highest BCUT2D eigenvalue weighted by Crippen LogP contribution is 2.33. The highest BCUT2D eigenvalue weighted by atomic mass is 16.8. The van der Waals surface area contributed by atoms with Gasteiger partial charge in [0, 0.05) is 6.42 Å². The van der Waals surface area contributed by atoms with Crippen molar-refractivity contribution in [2.45, 2.75) is 259 Å². The molecule has 67 heavy (non-hydrogen) atoms. The van der Waals surface area contributed by atoms with Crippen LogP contribution in [0, 0.1) is 0 Å². The SMILES string of the molecule is CCC/C=C/C(O)C(COC1OC(CO)C(OC2OC(CO)C(OC3OC(CO)C(O)C(O)C3O)C(O)C2O)C(O)C1O)NC(=O)CCCCCCCCCCCCCCCCCCCCC. The lowest BCUT2D eigenvalue weighted by molar-refractivity contribution is -0.379. The second kappa shape index (κ2) is 34.0. The Balaban J connectivity index is 1.43. The molecule has 0 aromatic rings. The van der Waals surface area contributed by atoms with Crippen molar-refractivity contribution in [2.75, 3.05) is 26.4 Å². The van der Waals surface area contributed by atoms with E-state index < -0.39 is 124 Å². The maximum atomic E-state index is 13.1. The lowest BCUT2D eigenvalue weighted by Gasteiger charge is -2.48. The quantitative estimate of drug-likeness (QED) is 0.0316. The third-order valence-corrected chi connectivity index (χ3v) is 13.1. The van der Waals surface area contributed by atoms with Gasteiger partial charge in [0.05, 0.1) is 38.6 Å². The number of ether oxygens (including phenoxy) is 6. The molecule has 0 spiro atoms. The fourth-order valence-electron chi connectivity index (χ4n) is 8.78. The fraction of sp³-hybridized carbons (Fsp3) is 0.938.